The molecule has 2 rings (SSSR count). The minimum atomic E-state index is 0.621. The van der Waals surface area contributed by atoms with Crippen LogP contribution in [0.25, 0.3) is 10.6 Å². The van der Waals surface area contributed by atoms with E-state index in [0.29, 0.717) is 17.4 Å². The van der Waals surface area contributed by atoms with Crippen LogP contribution in [-0.4, -0.2) is 31.0 Å². The van der Waals surface area contributed by atoms with E-state index in [2.05, 4.69) is 29.4 Å². The molecule has 0 saturated carbocycles. The fourth-order valence-corrected chi connectivity index (χ4v) is 2.79. The number of methoxy groups -OCH3 is 2. The van der Waals surface area contributed by atoms with E-state index in [1.165, 1.54) is 0 Å². The van der Waals surface area contributed by atoms with Crippen LogP contribution >= 0.6 is 11.3 Å². The van der Waals surface area contributed by atoms with Crippen LogP contribution in [0.4, 0.5) is 0 Å². The lowest BCUT2D eigenvalue weighted by Crippen LogP contribution is -2.18. The summed E-state index contributed by atoms with van der Waals surface area (Å²) in [6.07, 6.45) is 0. The molecule has 114 valence electrons. The molecule has 6 heteroatoms. The topological polar surface area (TPSA) is 56.3 Å². The zero-order valence-electron chi connectivity index (χ0n) is 12.8. The molecule has 1 heterocycles. The molecule has 0 amide bonds. The van der Waals surface area contributed by atoms with Crippen LogP contribution in [0, 0.1) is 5.92 Å². The second-order valence-electron chi connectivity index (χ2n) is 5.07. The van der Waals surface area contributed by atoms with Crippen molar-refractivity contribution in [1.82, 2.24) is 15.5 Å². The average Bonchev–Trinajstić information content (AvgIpc) is 2.94. The first-order valence-electron chi connectivity index (χ1n) is 6.90. The largest absolute Gasteiger partial charge is 0.493 e. The van der Waals surface area contributed by atoms with Gasteiger partial charge in [-0.3, -0.25) is 0 Å². The van der Waals surface area contributed by atoms with Gasteiger partial charge in [-0.1, -0.05) is 31.3 Å². The summed E-state index contributed by atoms with van der Waals surface area (Å²) in [6, 6.07) is 5.76. The molecule has 21 heavy (non-hydrogen) atoms. The molecule has 0 aliphatic rings. The Balaban J connectivity index is 2.17. The Morgan fingerprint density at radius 3 is 2.67 bits per heavy atom. The fourth-order valence-electron chi connectivity index (χ4n) is 1.96. The van der Waals surface area contributed by atoms with Crippen LogP contribution in [0.5, 0.6) is 11.5 Å². The summed E-state index contributed by atoms with van der Waals surface area (Å²) in [4.78, 5) is 0. The van der Waals surface area contributed by atoms with Crippen LogP contribution < -0.4 is 14.8 Å². The van der Waals surface area contributed by atoms with Gasteiger partial charge in [-0.2, -0.15) is 0 Å². The number of hydrogen-bond acceptors (Lipinski definition) is 6. The van der Waals surface area contributed by atoms with Crippen molar-refractivity contribution in [2.24, 2.45) is 5.92 Å². The summed E-state index contributed by atoms with van der Waals surface area (Å²) < 4.78 is 10.8. The maximum Gasteiger partial charge on any atom is 0.171 e. The number of hydrogen-bond donors (Lipinski definition) is 1. The molecule has 2 aromatic rings. The third kappa shape index (κ3) is 3.92. The Bertz CT molecular complexity index is 584. The molecule has 0 atom stereocenters. The van der Waals surface area contributed by atoms with E-state index in [4.69, 9.17) is 9.47 Å². The van der Waals surface area contributed by atoms with Crippen molar-refractivity contribution in [2.75, 3.05) is 20.8 Å². The first kappa shape index (κ1) is 15.7. The normalized spacial score (nSPS) is 10.9. The van der Waals surface area contributed by atoms with Gasteiger partial charge in [0.15, 0.2) is 16.5 Å². The zero-order chi connectivity index (χ0) is 15.2. The van der Waals surface area contributed by atoms with Gasteiger partial charge in [0.25, 0.3) is 0 Å². The van der Waals surface area contributed by atoms with Crippen molar-refractivity contribution < 1.29 is 9.47 Å². The van der Waals surface area contributed by atoms with E-state index in [-0.39, 0.29) is 0 Å². The maximum absolute atomic E-state index is 5.44. The van der Waals surface area contributed by atoms with Crippen molar-refractivity contribution in [2.45, 2.75) is 20.4 Å². The molecule has 0 spiro atoms. The third-order valence-electron chi connectivity index (χ3n) is 2.93. The smallest absolute Gasteiger partial charge is 0.171 e. The van der Waals surface area contributed by atoms with E-state index in [1.54, 1.807) is 25.6 Å². The molecule has 1 aromatic carbocycles. The molecule has 0 radical (unpaired) electrons. The molecule has 5 nitrogen and oxygen atoms in total. The Morgan fingerprint density at radius 2 is 2.00 bits per heavy atom. The highest BCUT2D eigenvalue weighted by Gasteiger charge is 2.15. The second-order valence-corrected chi connectivity index (χ2v) is 6.13. The van der Waals surface area contributed by atoms with Crippen molar-refractivity contribution in [3.63, 3.8) is 0 Å². The summed E-state index contributed by atoms with van der Waals surface area (Å²) in [5, 5.41) is 13.7. The highest BCUT2D eigenvalue weighted by atomic mass is 32.1. The number of ether oxygens (including phenoxy) is 2. The number of para-hydroxylation sites is 1. The number of benzene rings is 1. The summed E-state index contributed by atoms with van der Waals surface area (Å²) in [6.45, 7) is 6.07. The number of aromatic nitrogens is 2. The number of nitrogens with one attached hydrogen (secondary N) is 1. The van der Waals surface area contributed by atoms with Gasteiger partial charge in [-0.05, 0) is 24.6 Å². The van der Waals surface area contributed by atoms with Gasteiger partial charge in [-0.25, -0.2) is 0 Å². The third-order valence-corrected chi connectivity index (χ3v) is 3.89. The summed E-state index contributed by atoms with van der Waals surface area (Å²) in [5.74, 6) is 2.01. The Hall–Kier alpha value is -1.66. The Kier molecular flexibility index (Phi) is 5.52. The van der Waals surface area contributed by atoms with Crippen LogP contribution in [0.15, 0.2) is 18.2 Å². The first-order valence-corrected chi connectivity index (χ1v) is 7.71. The SMILES string of the molecule is COc1cccc(-c2nnc(CNCC(C)C)s2)c1OC. The van der Waals surface area contributed by atoms with E-state index in [9.17, 15) is 0 Å². The second kappa shape index (κ2) is 7.38. The quantitative estimate of drug-likeness (QED) is 0.852. The van der Waals surface area contributed by atoms with Gasteiger partial charge in [-0.15, -0.1) is 10.2 Å². The Morgan fingerprint density at radius 1 is 1.19 bits per heavy atom. The lowest BCUT2D eigenvalue weighted by Gasteiger charge is -2.10. The molecule has 1 N–H and O–H groups in total. The molecule has 0 bridgehead atoms. The van der Waals surface area contributed by atoms with Gasteiger partial charge >= 0.3 is 0 Å². The molecule has 0 aliphatic heterocycles. The first-order chi connectivity index (χ1) is 10.2. The van der Waals surface area contributed by atoms with E-state index < -0.39 is 0 Å². The molecule has 0 saturated heterocycles. The Labute approximate surface area is 129 Å². The van der Waals surface area contributed by atoms with E-state index in [1.807, 2.05) is 18.2 Å². The van der Waals surface area contributed by atoms with Gasteiger partial charge in [0.1, 0.15) is 5.01 Å². The number of rotatable bonds is 7. The standard InChI is InChI=1S/C15H21N3O2S/c1-10(2)8-16-9-13-17-18-15(21-13)11-6-5-7-12(19-3)14(11)20-4/h5-7,10,16H,8-9H2,1-4H3. The van der Waals surface area contributed by atoms with Gasteiger partial charge in [0.2, 0.25) is 0 Å². The highest BCUT2D eigenvalue weighted by molar-refractivity contribution is 7.14. The predicted molar refractivity (Wildman–Crippen MR) is 85.0 cm³/mol. The van der Waals surface area contributed by atoms with Crippen molar-refractivity contribution in [3.05, 3.63) is 23.2 Å². The van der Waals surface area contributed by atoms with Crippen molar-refractivity contribution in [1.29, 1.82) is 0 Å². The molecule has 0 unspecified atom stereocenters. The van der Waals surface area contributed by atoms with Gasteiger partial charge in [0, 0.05) is 6.54 Å². The lowest BCUT2D eigenvalue weighted by molar-refractivity contribution is 0.356. The highest BCUT2D eigenvalue weighted by Crippen LogP contribution is 2.38. The summed E-state index contributed by atoms with van der Waals surface area (Å²) in [7, 11) is 3.26. The minimum absolute atomic E-state index is 0.621. The molecular formula is C15H21N3O2S. The van der Waals surface area contributed by atoms with Gasteiger partial charge in [0.05, 0.1) is 19.8 Å². The fraction of sp³-hybridized carbons (Fsp3) is 0.467. The molecule has 0 fully saturated rings. The average molecular weight is 307 g/mol. The zero-order valence-corrected chi connectivity index (χ0v) is 13.7. The van der Waals surface area contributed by atoms with Crippen molar-refractivity contribution in [3.8, 4) is 22.1 Å². The van der Waals surface area contributed by atoms with Crippen LogP contribution in [0.2, 0.25) is 0 Å². The molecule has 1 aromatic heterocycles. The van der Waals surface area contributed by atoms with Crippen LogP contribution in [-0.2, 0) is 6.54 Å². The van der Waals surface area contributed by atoms with E-state index in [0.717, 1.165) is 28.7 Å². The van der Waals surface area contributed by atoms with Crippen LogP contribution in [0.1, 0.15) is 18.9 Å². The van der Waals surface area contributed by atoms with Crippen LogP contribution in [0.3, 0.4) is 0 Å². The predicted octanol–water partition coefficient (Wildman–Crippen LogP) is 2.97. The van der Waals surface area contributed by atoms with Crippen molar-refractivity contribution >= 4 is 11.3 Å². The summed E-state index contributed by atoms with van der Waals surface area (Å²) in [5.41, 5.74) is 0.907. The van der Waals surface area contributed by atoms with Gasteiger partial charge < -0.3 is 14.8 Å². The lowest BCUT2D eigenvalue weighted by atomic mass is 10.2. The monoisotopic (exact) mass is 307 g/mol. The minimum Gasteiger partial charge on any atom is -0.493 e. The molecule has 0 aliphatic carbocycles. The van der Waals surface area contributed by atoms with E-state index >= 15 is 0 Å². The number of nitrogens with zero attached hydrogens (tertiary/aromatic N) is 2. The molecular weight excluding hydrogens is 286 g/mol. The maximum atomic E-state index is 5.44. The summed E-state index contributed by atoms with van der Waals surface area (Å²) >= 11 is 1.57.